The molecule has 3 aliphatic rings. The van der Waals surface area contributed by atoms with Gasteiger partial charge in [0.1, 0.15) is 35.1 Å². The number of nitrogens with one attached hydrogen (secondary N) is 3. The fourth-order valence-electron chi connectivity index (χ4n) is 9.72. The second-order valence-electron chi connectivity index (χ2n) is 20.5. The number of hydrogen-bond acceptors (Lipinski definition) is 13. The van der Waals surface area contributed by atoms with Crippen LogP contribution in [0.25, 0.3) is 15.4 Å². The number of benzene rings is 2. The smallest absolute Gasteiger partial charge is 0.246 e. The van der Waals surface area contributed by atoms with Crippen LogP contribution in [0.2, 0.25) is 5.02 Å². The first-order valence-corrected chi connectivity index (χ1v) is 26.7. The first-order chi connectivity index (χ1) is 34.8. The van der Waals surface area contributed by atoms with Crippen LogP contribution in [0.4, 0.5) is 0 Å². The molecule has 2 aliphatic heterocycles. The normalized spacial score (nSPS) is 20.2. The third-order valence-corrected chi connectivity index (χ3v) is 16.4. The molecule has 0 bridgehead atoms. The van der Waals surface area contributed by atoms with Crippen LogP contribution < -0.4 is 20.7 Å². The fourth-order valence-corrected chi connectivity index (χ4v) is 11.9. The molecular weight excluding hydrogens is 984 g/mol. The summed E-state index contributed by atoms with van der Waals surface area (Å²) in [6.07, 6.45) is 2.38. The number of hydrogen-bond donors (Lipinski definition) is 4. The highest BCUT2D eigenvalue weighted by molar-refractivity contribution is 7.15. The average molecular weight is 1050 g/mol. The number of aliphatic imine (C=N–C) groups is 1. The average Bonchev–Trinajstić information content (AvgIpc) is 4.11. The molecule has 1 aliphatic carbocycles. The fraction of sp³-hybridized carbons (Fsp3) is 0.426. The first kappa shape index (κ1) is 51.6. The van der Waals surface area contributed by atoms with E-state index in [1.54, 1.807) is 34.9 Å². The number of aromatic nitrogens is 5. The molecule has 73 heavy (non-hydrogen) atoms. The van der Waals surface area contributed by atoms with Gasteiger partial charge in [0.15, 0.2) is 5.82 Å². The number of carbonyl (C=O) groups is 4. The van der Waals surface area contributed by atoms with E-state index >= 15 is 0 Å². The van der Waals surface area contributed by atoms with Gasteiger partial charge in [-0.1, -0.05) is 68.8 Å². The van der Waals surface area contributed by atoms with Gasteiger partial charge < -0.3 is 30.7 Å². The highest BCUT2D eigenvalue weighted by atomic mass is 35.5. The van der Waals surface area contributed by atoms with E-state index in [0.717, 1.165) is 60.5 Å². The maximum absolute atomic E-state index is 14.3. The molecule has 1 saturated heterocycles. The number of fused-ring (bicyclic) bond motifs is 3. The molecule has 382 valence electrons. The van der Waals surface area contributed by atoms with Crippen molar-refractivity contribution in [3.8, 4) is 21.3 Å². The van der Waals surface area contributed by atoms with E-state index in [1.165, 1.54) is 9.78 Å². The number of halogens is 1. The number of aryl methyl sites for hydroxylation is 4. The van der Waals surface area contributed by atoms with Crippen molar-refractivity contribution in [3.63, 3.8) is 0 Å². The van der Waals surface area contributed by atoms with Crippen molar-refractivity contribution in [2.24, 2.45) is 10.4 Å². The van der Waals surface area contributed by atoms with Gasteiger partial charge in [-0.15, -0.1) is 32.9 Å². The summed E-state index contributed by atoms with van der Waals surface area (Å²) >= 11 is 9.51. The number of pyridine rings is 1. The largest absolute Gasteiger partial charge is 0.474 e. The topological polar surface area (TPSA) is 206 Å². The molecule has 0 spiro atoms. The van der Waals surface area contributed by atoms with Gasteiger partial charge in [-0.3, -0.25) is 28.7 Å². The minimum Gasteiger partial charge on any atom is -0.474 e. The van der Waals surface area contributed by atoms with Crippen LogP contribution in [-0.4, -0.2) is 101 Å². The summed E-state index contributed by atoms with van der Waals surface area (Å²) in [6.45, 7) is 15.5. The van der Waals surface area contributed by atoms with E-state index < -0.39 is 35.6 Å². The van der Waals surface area contributed by atoms with Crippen LogP contribution in [0.5, 0.6) is 5.88 Å². The number of nitrogens with zero attached hydrogens (tertiary/aromatic N) is 7. The molecule has 0 radical (unpaired) electrons. The van der Waals surface area contributed by atoms with Crippen LogP contribution in [0.3, 0.4) is 0 Å². The number of amides is 4. The Balaban J connectivity index is 0.767. The summed E-state index contributed by atoms with van der Waals surface area (Å²) < 4.78 is 8.26. The minimum atomic E-state index is -0.955. The number of thiazole rings is 1. The van der Waals surface area contributed by atoms with E-state index in [1.807, 2.05) is 106 Å². The van der Waals surface area contributed by atoms with E-state index in [2.05, 4.69) is 50.0 Å². The third kappa shape index (κ3) is 11.3. The number of aliphatic hydroxyl groups excluding tert-OH is 1. The van der Waals surface area contributed by atoms with E-state index in [0.29, 0.717) is 36.0 Å². The van der Waals surface area contributed by atoms with Gasteiger partial charge in [-0.2, -0.15) is 0 Å². The predicted octanol–water partition coefficient (Wildman–Crippen LogP) is 8.05. The van der Waals surface area contributed by atoms with Crippen molar-refractivity contribution >= 4 is 63.6 Å². The van der Waals surface area contributed by atoms with Crippen molar-refractivity contribution in [2.75, 3.05) is 6.54 Å². The van der Waals surface area contributed by atoms with Crippen LogP contribution in [0, 0.1) is 33.1 Å². The molecule has 5 atom stereocenters. The standard InChI is InChI=1S/C54H61ClN10O6S2/c1-28-31(4)73-53-46(28)47(35-14-16-37(55)17-15-35)60-41(50-63-62-32(5)65(50)53)25-44(68)59-38-22-40(23-38)71-45-21-33(19-20-56-45)9-18-43(67)61-49(54(6,7)8)52(70)64-26-39(66)24-42(64)51(69)58-29(2)34-10-12-36(13-11-34)48-30(3)57-27-72-48/h10-17,19-21,27,29,38-42,49,66H,9,18,22-26H2,1-8H3,(H,58,69)(H,59,68)(H,61,67)/t29-,38-,39+,40-,41-,42-,49+/m0/s1. The number of β-amino-alcohol motifs (C(OH)–C–C–N with tert-alkyl or cyclic N) is 1. The molecule has 2 aromatic carbocycles. The number of likely N-dealkylation sites (tertiary alicyclic amines) is 1. The minimum absolute atomic E-state index is 0.0202. The van der Waals surface area contributed by atoms with Gasteiger partial charge in [0, 0.05) is 71.6 Å². The van der Waals surface area contributed by atoms with Gasteiger partial charge in [-0.25, -0.2) is 9.97 Å². The van der Waals surface area contributed by atoms with Gasteiger partial charge in [0.25, 0.3) is 0 Å². The van der Waals surface area contributed by atoms with Crippen molar-refractivity contribution in [1.29, 1.82) is 0 Å². The van der Waals surface area contributed by atoms with Gasteiger partial charge >= 0.3 is 0 Å². The number of aliphatic hydroxyl groups is 1. The number of rotatable bonds is 15. The van der Waals surface area contributed by atoms with Crippen LogP contribution >= 0.6 is 34.3 Å². The summed E-state index contributed by atoms with van der Waals surface area (Å²) in [4.78, 5) is 73.0. The Morgan fingerprint density at radius 1 is 0.918 bits per heavy atom. The molecule has 2 fully saturated rings. The summed E-state index contributed by atoms with van der Waals surface area (Å²) in [5, 5.41) is 30.5. The van der Waals surface area contributed by atoms with Crippen LogP contribution in [0.1, 0.15) is 122 Å². The molecule has 0 unspecified atom stereocenters. The van der Waals surface area contributed by atoms with Gasteiger partial charge in [0.2, 0.25) is 29.5 Å². The molecule has 4 N–H and O–H groups in total. The lowest BCUT2D eigenvalue weighted by molar-refractivity contribution is -0.144. The van der Waals surface area contributed by atoms with Crippen LogP contribution in [-0.2, 0) is 25.6 Å². The van der Waals surface area contributed by atoms with Crippen molar-refractivity contribution in [2.45, 2.75) is 136 Å². The molecule has 6 heterocycles. The number of carbonyl (C=O) groups excluding carboxylic acids is 4. The maximum Gasteiger partial charge on any atom is 0.246 e. The molecule has 4 amide bonds. The van der Waals surface area contributed by atoms with Crippen LogP contribution in [0.15, 0.2) is 77.4 Å². The van der Waals surface area contributed by atoms with Crippen molar-refractivity contribution in [3.05, 3.63) is 127 Å². The number of ether oxygens (including phenoxy) is 1. The zero-order chi connectivity index (χ0) is 51.9. The van der Waals surface area contributed by atoms with E-state index in [-0.39, 0.29) is 61.7 Å². The van der Waals surface area contributed by atoms with E-state index in [9.17, 15) is 24.3 Å². The summed E-state index contributed by atoms with van der Waals surface area (Å²) in [5.74, 6) is 0.481. The Kier molecular flexibility index (Phi) is 15.0. The Hall–Kier alpha value is -6.34. The summed E-state index contributed by atoms with van der Waals surface area (Å²) in [5.41, 5.74) is 8.65. The zero-order valence-corrected chi connectivity index (χ0v) is 44.6. The Morgan fingerprint density at radius 3 is 2.34 bits per heavy atom. The quantitative estimate of drug-likeness (QED) is 0.0779. The monoisotopic (exact) mass is 1040 g/mol. The predicted molar refractivity (Wildman–Crippen MR) is 282 cm³/mol. The SMILES string of the molecule is Cc1ncsc1-c1ccc([C@H](C)NC(=O)[C@@H]2C[C@@H](O)CN2C(=O)[C@@H](NC(=O)CCc2ccnc(O[C@H]3C[C@H](NC(=O)C[C@@H]4N=C(c5ccc(Cl)cc5)c5c(sc(C)c5C)-n5c(C)nnc54)C3)c2)C(C)(C)C)cc1. The lowest BCUT2D eigenvalue weighted by atomic mass is 9.85. The molecule has 1 saturated carbocycles. The lowest BCUT2D eigenvalue weighted by Gasteiger charge is -2.35. The summed E-state index contributed by atoms with van der Waals surface area (Å²) in [6, 6.07) is 16.3. The molecular formula is C54H61ClN10O6S2. The molecule has 6 aromatic rings. The third-order valence-electron chi connectivity index (χ3n) is 14.0. The molecule has 4 aromatic heterocycles. The Labute approximate surface area is 438 Å². The van der Waals surface area contributed by atoms with Crippen molar-refractivity contribution < 1.29 is 29.0 Å². The lowest BCUT2D eigenvalue weighted by Crippen LogP contribution is -2.57. The second-order valence-corrected chi connectivity index (χ2v) is 23.0. The number of thiophene rings is 1. The molecule has 16 nitrogen and oxygen atoms in total. The van der Waals surface area contributed by atoms with Crippen molar-refractivity contribution in [1.82, 2.24) is 45.6 Å². The van der Waals surface area contributed by atoms with E-state index in [4.69, 9.17) is 21.3 Å². The molecule has 19 heteroatoms. The summed E-state index contributed by atoms with van der Waals surface area (Å²) in [7, 11) is 0. The maximum atomic E-state index is 14.3. The Morgan fingerprint density at radius 2 is 1.64 bits per heavy atom. The zero-order valence-electron chi connectivity index (χ0n) is 42.2. The first-order valence-electron chi connectivity index (χ1n) is 24.7. The van der Waals surface area contributed by atoms with Gasteiger partial charge in [0.05, 0.1) is 40.4 Å². The Bertz CT molecular complexity index is 3060. The molecule has 9 rings (SSSR count). The van der Waals surface area contributed by atoms with Gasteiger partial charge in [-0.05, 0) is 86.9 Å². The second kappa shape index (κ2) is 21.2. The highest BCUT2D eigenvalue weighted by Gasteiger charge is 2.45. The highest BCUT2D eigenvalue weighted by Crippen LogP contribution is 2.40.